The van der Waals surface area contributed by atoms with E-state index in [0.717, 1.165) is 6.42 Å². The van der Waals surface area contributed by atoms with Crippen molar-refractivity contribution in [3.05, 3.63) is 0 Å². The van der Waals surface area contributed by atoms with Gasteiger partial charge in [-0.3, -0.25) is 4.79 Å². The molecule has 0 aromatic carbocycles. The fraction of sp³-hybridized carbons (Fsp3) is 0.900. The highest BCUT2D eigenvalue weighted by Crippen LogP contribution is 2.25. The average Bonchev–Trinajstić information content (AvgIpc) is 1.98. The standard InChI is InChI=1S/C10H16F3NO/c1-7-3-8(2)6-14(5-7)9(15)4-10(11,12)13/h7-8H,3-6H2,1-2H3/t7-,8-/m1/s1. The number of carbonyl (C=O) groups excluding carboxylic acids is 1. The van der Waals surface area contributed by atoms with E-state index in [1.807, 2.05) is 13.8 Å². The number of piperidine rings is 1. The molecule has 0 N–H and O–H groups in total. The molecule has 1 rings (SSSR count). The molecule has 0 bridgehead atoms. The van der Waals surface area contributed by atoms with Gasteiger partial charge in [0.1, 0.15) is 6.42 Å². The van der Waals surface area contributed by atoms with E-state index in [1.54, 1.807) is 0 Å². The van der Waals surface area contributed by atoms with Crippen molar-refractivity contribution in [3.8, 4) is 0 Å². The third-order valence-corrected chi connectivity index (χ3v) is 2.57. The van der Waals surface area contributed by atoms with Gasteiger partial charge in [-0.1, -0.05) is 13.8 Å². The largest absolute Gasteiger partial charge is 0.397 e. The summed E-state index contributed by atoms with van der Waals surface area (Å²) in [6, 6.07) is 0. The molecule has 0 radical (unpaired) electrons. The van der Waals surface area contributed by atoms with Crippen LogP contribution in [0.5, 0.6) is 0 Å². The van der Waals surface area contributed by atoms with Crippen molar-refractivity contribution in [3.63, 3.8) is 0 Å². The van der Waals surface area contributed by atoms with Crippen LogP contribution in [-0.4, -0.2) is 30.1 Å². The summed E-state index contributed by atoms with van der Waals surface area (Å²) in [6.07, 6.45) is -4.73. The fourth-order valence-electron chi connectivity index (χ4n) is 2.15. The molecule has 88 valence electrons. The summed E-state index contributed by atoms with van der Waals surface area (Å²) in [4.78, 5) is 12.7. The molecule has 0 aliphatic carbocycles. The number of hydrogen-bond acceptors (Lipinski definition) is 1. The van der Waals surface area contributed by atoms with Crippen LogP contribution in [0.2, 0.25) is 0 Å². The number of halogens is 3. The zero-order valence-corrected chi connectivity index (χ0v) is 8.97. The summed E-state index contributed by atoms with van der Waals surface area (Å²) in [7, 11) is 0. The van der Waals surface area contributed by atoms with E-state index < -0.39 is 18.5 Å². The number of hydrogen-bond donors (Lipinski definition) is 0. The zero-order chi connectivity index (χ0) is 11.6. The Morgan fingerprint density at radius 3 is 2.13 bits per heavy atom. The molecule has 1 amide bonds. The van der Waals surface area contributed by atoms with Gasteiger partial charge in [0.05, 0.1) is 0 Å². The molecule has 1 saturated heterocycles. The third kappa shape index (κ3) is 4.10. The van der Waals surface area contributed by atoms with E-state index in [1.165, 1.54) is 4.90 Å². The minimum atomic E-state index is -4.39. The van der Waals surface area contributed by atoms with Gasteiger partial charge in [-0.2, -0.15) is 13.2 Å². The summed E-state index contributed by atoms with van der Waals surface area (Å²) in [5.41, 5.74) is 0. The van der Waals surface area contributed by atoms with Gasteiger partial charge in [-0.05, 0) is 18.3 Å². The van der Waals surface area contributed by atoms with E-state index in [9.17, 15) is 18.0 Å². The highest BCUT2D eigenvalue weighted by atomic mass is 19.4. The summed E-state index contributed by atoms with van der Waals surface area (Å²) in [5.74, 6) is -0.197. The Morgan fingerprint density at radius 2 is 1.73 bits per heavy atom. The van der Waals surface area contributed by atoms with E-state index in [0.29, 0.717) is 24.9 Å². The van der Waals surface area contributed by atoms with Gasteiger partial charge in [0.2, 0.25) is 5.91 Å². The molecule has 1 fully saturated rings. The highest BCUT2D eigenvalue weighted by Gasteiger charge is 2.35. The second-order valence-corrected chi connectivity index (χ2v) is 4.54. The van der Waals surface area contributed by atoms with Crippen LogP contribution >= 0.6 is 0 Å². The van der Waals surface area contributed by atoms with Crippen LogP contribution in [0.3, 0.4) is 0 Å². The first-order chi connectivity index (χ1) is 6.78. The van der Waals surface area contributed by atoms with E-state index >= 15 is 0 Å². The van der Waals surface area contributed by atoms with Crippen molar-refractivity contribution in [1.82, 2.24) is 4.90 Å². The van der Waals surface area contributed by atoms with Gasteiger partial charge >= 0.3 is 6.18 Å². The van der Waals surface area contributed by atoms with Crippen molar-refractivity contribution in [2.24, 2.45) is 11.8 Å². The Hall–Kier alpha value is -0.740. The predicted octanol–water partition coefficient (Wildman–Crippen LogP) is 2.44. The number of carbonyl (C=O) groups is 1. The molecular weight excluding hydrogens is 207 g/mol. The maximum atomic E-state index is 12.0. The molecule has 1 aliphatic heterocycles. The average molecular weight is 223 g/mol. The SMILES string of the molecule is C[C@@H]1C[C@@H](C)CN(C(=O)CC(F)(F)F)C1. The van der Waals surface area contributed by atoms with Gasteiger partial charge in [0, 0.05) is 13.1 Å². The number of amides is 1. The van der Waals surface area contributed by atoms with Crippen molar-refractivity contribution >= 4 is 5.91 Å². The Bertz CT molecular complexity index is 229. The topological polar surface area (TPSA) is 20.3 Å². The molecule has 2 atom stereocenters. The smallest absolute Gasteiger partial charge is 0.342 e. The second-order valence-electron chi connectivity index (χ2n) is 4.54. The number of alkyl halides is 3. The number of likely N-dealkylation sites (tertiary alicyclic amines) is 1. The lowest BCUT2D eigenvalue weighted by atomic mass is 9.92. The van der Waals surface area contributed by atoms with Crippen molar-refractivity contribution in [1.29, 1.82) is 0 Å². The van der Waals surface area contributed by atoms with Crippen LogP contribution in [0.1, 0.15) is 26.7 Å². The Labute approximate surface area is 87.4 Å². The minimum absolute atomic E-state index is 0.297. The van der Waals surface area contributed by atoms with Crippen molar-refractivity contribution < 1.29 is 18.0 Å². The van der Waals surface area contributed by atoms with Crippen LogP contribution in [0.4, 0.5) is 13.2 Å². The zero-order valence-electron chi connectivity index (χ0n) is 8.97. The maximum Gasteiger partial charge on any atom is 0.397 e. The van der Waals surface area contributed by atoms with Crippen LogP contribution in [0.15, 0.2) is 0 Å². The molecular formula is C10H16F3NO. The lowest BCUT2D eigenvalue weighted by Gasteiger charge is -2.35. The molecule has 1 aliphatic rings. The third-order valence-electron chi connectivity index (χ3n) is 2.57. The first kappa shape index (κ1) is 12.3. The second kappa shape index (κ2) is 4.41. The van der Waals surface area contributed by atoms with Crippen LogP contribution < -0.4 is 0 Å². The van der Waals surface area contributed by atoms with Gasteiger partial charge in [0.15, 0.2) is 0 Å². The Morgan fingerprint density at radius 1 is 1.27 bits per heavy atom. The van der Waals surface area contributed by atoms with Crippen molar-refractivity contribution in [2.75, 3.05) is 13.1 Å². The summed E-state index contributed by atoms with van der Waals surface area (Å²) < 4.78 is 36.0. The minimum Gasteiger partial charge on any atom is -0.342 e. The van der Waals surface area contributed by atoms with Crippen molar-refractivity contribution in [2.45, 2.75) is 32.9 Å². The van der Waals surface area contributed by atoms with E-state index in [2.05, 4.69) is 0 Å². The summed E-state index contributed by atoms with van der Waals surface area (Å²) in [5, 5.41) is 0. The first-order valence-electron chi connectivity index (χ1n) is 5.12. The van der Waals surface area contributed by atoms with Crippen LogP contribution in [-0.2, 0) is 4.79 Å². The Balaban J connectivity index is 2.52. The van der Waals surface area contributed by atoms with E-state index in [-0.39, 0.29) is 0 Å². The maximum absolute atomic E-state index is 12.0. The summed E-state index contributed by atoms with van der Waals surface area (Å²) in [6.45, 7) is 4.84. The fourth-order valence-corrected chi connectivity index (χ4v) is 2.15. The molecule has 0 saturated carbocycles. The lowest BCUT2D eigenvalue weighted by Crippen LogP contribution is -2.43. The van der Waals surface area contributed by atoms with Crippen LogP contribution in [0, 0.1) is 11.8 Å². The van der Waals surface area contributed by atoms with E-state index in [4.69, 9.17) is 0 Å². The monoisotopic (exact) mass is 223 g/mol. The van der Waals surface area contributed by atoms with Crippen LogP contribution in [0.25, 0.3) is 0 Å². The highest BCUT2D eigenvalue weighted by molar-refractivity contribution is 5.77. The molecule has 0 aromatic heterocycles. The molecule has 5 heteroatoms. The molecule has 0 spiro atoms. The molecule has 1 heterocycles. The molecule has 0 unspecified atom stereocenters. The van der Waals surface area contributed by atoms with Gasteiger partial charge in [-0.15, -0.1) is 0 Å². The predicted molar refractivity (Wildman–Crippen MR) is 50.2 cm³/mol. The molecule has 2 nitrogen and oxygen atoms in total. The number of nitrogens with zero attached hydrogens (tertiary/aromatic N) is 1. The Kier molecular flexibility index (Phi) is 3.62. The van der Waals surface area contributed by atoms with Gasteiger partial charge < -0.3 is 4.90 Å². The summed E-state index contributed by atoms with van der Waals surface area (Å²) >= 11 is 0. The van der Waals surface area contributed by atoms with Gasteiger partial charge in [0.25, 0.3) is 0 Å². The van der Waals surface area contributed by atoms with Gasteiger partial charge in [-0.25, -0.2) is 0 Å². The lowest BCUT2D eigenvalue weighted by molar-refractivity contribution is -0.163. The molecule has 0 aromatic rings. The molecule has 15 heavy (non-hydrogen) atoms. The first-order valence-corrected chi connectivity index (χ1v) is 5.12. The quantitative estimate of drug-likeness (QED) is 0.668. The normalized spacial score (nSPS) is 27.9. The number of rotatable bonds is 1.